The molecule has 1 aliphatic heterocycles. The highest BCUT2D eigenvalue weighted by Crippen LogP contribution is 2.36. The molecule has 0 amide bonds. The van der Waals surface area contributed by atoms with Gasteiger partial charge in [-0.1, -0.05) is 22.0 Å². The maximum absolute atomic E-state index is 5.44. The largest absolute Gasteiger partial charge is 0.497 e. The first-order valence-electron chi connectivity index (χ1n) is 7.97. The second-order valence-corrected chi connectivity index (χ2v) is 6.68. The van der Waals surface area contributed by atoms with E-state index >= 15 is 0 Å². The van der Waals surface area contributed by atoms with Gasteiger partial charge in [0.1, 0.15) is 5.75 Å². The minimum absolute atomic E-state index is 0.272. The molecule has 1 aliphatic rings. The Bertz CT molecular complexity index is 733. The smallest absolute Gasteiger partial charge is 0.161 e. The highest BCUT2D eigenvalue weighted by atomic mass is 79.9. The van der Waals surface area contributed by atoms with Gasteiger partial charge in [-0.3, -0.25) is 0 Å². The van der Waals surface area contributed by atoms with Crippen molar-refractivity contribution in [2.45, 2.75) is 18.9 Å². The Kier molecular flexibility index (Phi) is 5.31. The van der Waals surface area contributed by atoms with Crippen LogP contribution in [0.4, 0.5) is 0 Å². The van der Waals surface area contributed by atoms with Crippen molar-refractivity contribution in [1.29, 1.82) is 0 Å². The molecular formula is C19H22BrNO3. The highest BCUT2D eigenvalue weighted by Gasteiger charge is 2.22. The molecule has 0 saturated heterocycles. The van der Waals surface area contributed by atoms with Crippen molar-refractivity contribution in [3.63, 3.8) is 0 Å². The van der Waals surface area contributed by atoms with Gasteiger partial charge in [-0.2, -0.15) is 0 Å². The summed E-state index contributed by atoms with van der Waals surface area (Å²) in [5, 5.41) is 3.62. The van der Waals surface area contributed by atoms with Crippen LogP contribution in [0.5, 0.6) is 17.2 Å². The number of nitrogens with one attached hydrogen (secondary N) is 1. The fourth-order valence-electron chi connectivity index (χ4n) is 3.21. The van der Waals surface area contributed by atoms with Gasteiger partial charge in [0.2, 0.25) is 0 Å². The molecule has 2 aromatic rings. The monoisotopic (exact) mass is 391 g/mol. The zero-order chi connectivity index (χ0) is 17.1. The normalized spacial score (nSPS) is 16.4. The SMILES string of the molecule is COc1ccc2c(c1)CCNC2Cc1cc(OC)c(OC)cc1Br. The van der Waals surface area contributed by atoms with Gasteiger partial charge in [0.25, 0.3) is 0 Å². The van der Waals surface area contributed by atoms with Crippen LogP contribution in [-0.4, -0.2) is 27.9 Å². The number of hydrogen-bond acceptors (Lipinski definition) is 4. The number of halogens is 1. The van der Waals surface area contributed by atoms with E-state index in [1.165, 1.54) is 16.7 Å². The summed E-state index contributed by atoms with van der Waals surface area (Å²) in [6.45, 7) is 0.968. The van der Waals surface area contributed by atoms with E-state index in [2.05, 4.69) is 33.4 Å². The van der Waals surface area contributed by atoms with Gasteiger partial charge in [0.15, 0.2) is 11.5 Å². The summed E-state index contributed by atoms with van der Waals surface area (Å²) in [4.78, 5) is 0. The maximum Gasteiger partial charge on any atom is 0.161 e. The molecule has 0 aliphatic carbocycles. The maximum atomic E-state index is 5.44. The minimum atomic E-state index is 0.272. The van der Waals surface area contributed by atoms with Crippen LogP contribution in [0.3, 0.4) is 0 Å². The Balaban J connectivity index is 1.90. The molecule has 5 heteroatoms. The second kappa shape index (κ2) is 7.45. The Labute approximate surface area is 151 Å². The summed E-state index contributed by atoms with van der Waals surface area (Å²) < 4.78 is 17.2. The van der Waals surface area contributed by atoms with Crippen LogP contribution in [0, 0.1) is 0 Å². The number of ether oxygens (including phenoxy) is 3. The standard InChI is InChI=1S/C19H22BrNO3/c1-22-14-4-5-15-12(8-14)6-7-21-17(15)9-13-10-18(23-2)19(24-3)11-16(13)20/h4-5,8,10-11,17,21H,6-7,9H2,1-3H3. The van der Waals surface area contributed by atoms with Crippen LogP contribution >= 0.6 is 15.9 Å². The number of benzene rings is 2. The van der Waals surface area contributed by atoms with Crippen molar-refractivity contribution in [3.8, 4) is 17.2 Å². The van der Waals surface area contributed by atoms with E-state index in [-0.39, 0.29) is 6.04 Å². The summed E-state index contributed by atoms with van der Waals surface area (Å²) in [5.41, 5.74) is 3.88. The van der Waals surface area contributed by atoms with Crippen molar-refractivity contribution in [1.82, 2.24) is 5.32 Å². The summed E-state index contributed by atoms with van der Waals surface area (Å²) in [5.74, 6) is 2.40. The Morgan fingerprint density at radius 3 is 2.50 bits per heavy atom. The molecule has 3 rings (SSSR count). The van der Waals surface area contributed by atoms with E-state index < -0.39 is 0 Å². The van der Waals surface area contributed by atoms with Crippen LogP contribution < -0.4 is 19.5 Å². The predicted molar refractivity (Wildman–Crippen MR) is 98.4 cm³/mol. The van der Waals surface area contributed by atoms with E-state index in [1.54, 1.807) is 21.3 Å². The zero-order valence-corrected chi connectivity index (χ0v) is 15.8. The van der Waals surface area contributed by atoms with E-state index in [9.17, 15) is 0 Å². The lowest BCUT2D eigenvalue weighted by atomic mass is 9.90. The molecule has 1 unspecified atom stereocenters. The van der Waals surface area contributed by atoms with Crippen molar-refractivity contribution in [3.05, 3.63) is 51.5 Å². The average molecular weight is 392 g/mol. The third-order valence-corrected chi connectivity index (χ3v) is 5.23. The van der Waals surface area contributed by atoms with E-state index in [4.69, 9.17) is 14.2 Å². The fraction of sp³-hybridized carbons (Fsp3) is 0.368. The molecule has 4 nitrogen and oxygen atoms in total. The van der Waals surface area contributed by atoms with Gasteiger partial charge in [0.05, 0.1) is 21.3 Å². The lowest BCUT2D eigenvalue weighted by Gasteiger charge is -2.28. The van der Waals surface area contributed by atoms with Crippen molar-refractivity contribution in [2.24, 2.45) is 0 Å². The van der Waals surface area contributed by atoms with Crippen LogP contribution in [0.2, 0.25) is 0 Å². The van der Waals surface area contributed by atoms with E-state index in [1.807, 2.05) is 18.2 Å². The third-order valence-electron chi connectivity index (χ3n) is 4.49. The molecule has 0 radical (unpaired) electrons. The quantitative estimate of drug-likeness (QED) is 0.838. The fourth-order valence-corrected chi connectivity index (χ4v) is 3.70. The van der Waals surface area contributed by atoms with Gasteiger partial charge in [-0.05, 0) is 60.3 Å². The Morgan fingerprint density at radius 1 is 1.04 bits per heavy atom. The second-order valence-electron chi connectivity index (χ2n) is 5.82. The number of hydrogen-bond donors (Lipinski definition) is 1. The van der Waals surface area contributed by atoms with Crippen LogP contribution in [0.1, 0.15) is 22.7 Å². The van der Waals surface area contributed by atoms with Gasteiger partial charge in [0, 0.05) is 10.5 Å². The highest BCUT2D eigenvalue weighted by molar-refractivity contribution is 9.10. The topological polar surface area (TPSA) is 39.7 Å². The molecule has 1 heterocycles. The molecule has 2 aromatic carbocycles. The van der Waals surface area contributed by atoms with Crippen LogP contribution in [0.25, 0.3) is 0 Å². The average Bonchev–Trinajstić information content (AvgIpc) is 2.62. The molecule has 1 N–H and O–H groups in total. The molecular weight excluding hydrogens is 370 g/mol. The lowest BCUT2D eigenvalue weighted by molar-refractivity contribution is 0.354. The number of methoxy groups -OCH3 is 3. The van der Waals surface area contributed by atoms with E-state index in [0.717, 1.165) is 41.1 Å². The number of fused-ring (bicyclic) bond motifs is 1. The van der Waals surface area contributed by atoms with Crippen LogP contribution in [-0.2, 0) is 12.8 Å². The summed E-state index contributed by atoms with van der Waals surface area (Å²) in [6, 6.07) is 10.6. The van der Waals surface area contributed by atoms with Crippen molar-refractivity contribution < 1.29 is 14.2 Å². The summed E-state index contributed by atoms with van der Waals surface area (Å²) in [7, 11) is 5.02. The first-order chi connectivity index (χ1) is 11.7. The molecule has 0 bridgehead atoms. The molecule has 0 aromatic heterocycles. The number of rotatable bonds is 5. The molecule has 0 saturated carbocycles. The van der Waals surface area contributed by atoms with E-state index in [0.29, 0.717) is 0 Å². The summed E-state index contributed by atoms with van der Waals surface area (Å²) in [6.07, 6.45) is 1.90. The molecule has 128 valence electrons. The zero-order valence-electron chi connectivity index (χ0n) is 14.2. The molecule has 0 spiro atoms. The van der Waals surface area contributed by atoms with Gasteiger partial charge in [-0.25, -0.2) is 0 Å². The minimum Gasteiger partial charge on any atom is -0.497 e. The molecule has 1 atom stereocenters. The van der Waals surface area contributed by atoms with Gasteiger partial charge in [-0.15, -0.1) is 0 Å². The van der Waals surface area contributed by atoms with Crippen molar-refractivity contribution >= 4 is 15.9 Å². The van der Waals surface area contributed by atoms with Crippen molar-refractivity contribution in [2.75, 3.05) is 27.9 Å². The van der Waals surface area contributed by atoms with Crippen LogP contribution in [0.15, 0.2) is 34.8 Å². The first kappa shape index (κ1) is 17.1. The van der Waals surface area contributed by atoms with Gasteiger partial charge < -0.3 is 19.5 Å². The lowest BCUT2D eigenvalue weighted by Crippen LogP contribution is -2.31. The Morgan fingerprint density at radius 2 is 1.79 bits per heavy atom. The Hall–Kier alpha value is -1.72. The third kappa shape index (κ3) is 3.37. The predicted octanol–water partition coefficient (Wildman–Crippen LogP) is 3.90. The molecule has 0 fully saturated rings. The first-order valence-corrected chi connectivity index (χ1v) is 8.76. The molecule has 24 heavy (non-hydrogen) atoms. The van der Waals surface area contributed by atoms with Gasteiger partial charge >= 0.3 is 0 Å². The summed E-state index contributed by atoms with van der Waals surface area (Å²) >= 11 is 3.66.